The van der Waals surface area contributed by atoms with Crippen LogP contribution in [0.1, 0.15) is 44.9 Å². The fourth-order valence-electron chi connectivity index (χ4n) is 3.65. The van der Waals surface area contributed by atoms with E-state index in [-0.39, 0.29) is 5.91 Å². The lowest BCUT2D eigenvalue weighted by molar-refractivity contribution is -0.130. The molecule has 3 N–H and O–H groups in total. The normalized spacial score (nSPS) is 30.6. The molecule has 1 aliphatic carbocycles. The standard InChI is InChI=1S/C16H26N2OS/c1-11(2)14-7-6-12(3)9-16(14,15(17)19)18-10-13-5-4-8-20-13/h4-5,8,11-12,14,18H,6-7,9-10H2,1-3H3,(H2,17,19). The van der Waals surface area contributed by atoms with Gasteiger partial charge >= 0.3 is 0 Å². The molecule has 1 saturated carbocycles. The average Bonchev–Trinajstić information content (AvgIpc) is 2.88. The van der Waals surface area contributed by atoms with E-state index in [1.807, 2.05) is 6.07 Å². The van der Waals surface area contributed by atoms with E-state index < -0.39 is 5.54 Å². The van der Waals surface area contributed by atoms with Crippen molar-refractivity contribution in [3.8, 4) is 0 Å². The first-order chi connectivity index (χ1) is 9.45. The minimum Gasteiger partial charge on any atom is -0.368 e. The Hall–Kier alpha value is -0.870. The molecule has 20 heavy (non-hydrogen) atoms. The Balaban J connectivity index is 2.22. The van der Waals surface area contributed by atoms with Crippen LogP contribution in [0.2, 0.25) is 0 Å². The van der Waals surface area contributed by atoms with Gasteiger partial charge < -0.3 is 5.73 Å². The van der Waals surface area contributed by atoms with E-state index in [1.54, 1.807) is 11.3 Å². The smallest absolute Gasteiger partial charge is 0.238 e. The van der Waals surface area contributed by atoms with E-state index in [4.69, 9.17) is 5.73 Å². The molecule has 3 unspecified atom stereocenters. The molecule has 0 aromatic carbocycles. The molecule has 1 aromatic heterocycles. The minimum atomic E-state index is -0.546. The number of rotatable bonds is 5. The number of carbonyl (C=O) groups excluding carboxylic acids is 1. The summed E-state index contributed by atoms with van der Waals surface area (Å²) in [5.41, 5.74) is 5.29. The number of amides is 1. The quantitative estimate of drug-likeness (QED) is 0.876. The Morgan fingerprint density at radius 1 is 1.55 bits per heavy atom. The highest BCUT2D eigenvalue weighted by Crippen LogP contribution is 2.41. The SMILES string of the molecule is CC1CCC(C(C)C)C(NCc2cccs2)(C(N)=O)C1. The molecule has 0 saturated heterocycles. The zero-order chi connectivity index (χ0) is 14.8. The van der Waals surface area contributed by atoms with Gasteiger partial charge in [0.15, 0.2) is 0 Å². The largest absolute Gasteiger partial charge is 0.368 e. The molecule has 3 nitrogen and oxygen atoms in total. The van der Waals surface area contributed by atoms with Crippen LogP contribution >= 0.6 is 11.3 Å². The van der Waals surface area contributed by atoms with Crippen molar-refractivity contribution in [2.45, 2.75) is 52.1 Å². The first-order valence-corrected chi connectivity index (χ1v) is 8.41. The molecule has 0 aliphatic heterocycles. The molecule has 1 aliphatic rings. The highest BCUT2D eigenvalue weighted by Gasteiger charge is 2.48. The van der Waals surface area contributed by atoms with E-state index in [9.17, 15) is 4.79 Å². The average molecular weight is 294 g/mol. The predicted octanol–water partition coefficient (Wildman–Crippen LogP) is 3.15. The third-order valence-electron chi connectivity index (χ3n) is 4.68. The summed E-state index contributed by atoms with van der Waals surface area (Å²) in [5, 5.41) is 5.60. The number of nitrogens with one attached hydrogen (secondary N) is 1. The van der Waals surface area contributed by atoms with Gasteiger partial charge in [0.05, 0.1) is 0 Å². The van der Waals surface area contributed by atoms with Gasteiger partial charge in [0, 0.05) is 11.4 Å². The highest BCUT2D eigenvalue weighted by molar-refractivity contribution is 7.09. The van der Waals surface area contributed by atoms with Crippen LogP contribution < -0.4 is 11.1 Å². The van der Waals surface area contributed by atoms with Gasteiger partial charge in [0.1, 0.15) is 5.54 Å². The van der Waals surface area contributed by atoms with Crippen LogP contribution in [0.5, 0.6) is 0 Å². The van der Waals surface area contributed by atoms with Gasteiger partial charge in [-0.3, -0.25) is 10.1 Å². The van der Waals surface area contributed by atoms with Gasteiger partial charge in [-0.15, -0.1) is 11.3 Å². The van der Waals surface area contributed by atoms with Crippen LogP contribution in [-0.4, -0.2) is 11.4 Å². The van der Waals surface area contributed by atoms with Crippen molar-refractivity contribution in [3.05, 3.63) is 22.4 Å². The summed E-state index contributed by atoms with van der Waals surface area (Å²) in [6.45, 7) is 7.36. The summed E-state index contributed by atoms with van der Waals surface area (Å²) in [6.07, 6.45) is 3.13. The van der Waals surface area contributed by atoms with Crippen molar-refractivity contribution in [2.75, 3.05) is 0 Å². The third kappa shape index (κ3) is 3.07. The number of nitrogens with two attached hydrogens (primary N) is 1. The van der Waals surface area contributed by atoms with Crippen molar-refractivity contribution < 1.29 is 4.79 Å². The van der Waals surface area contributed by atoms with E-state index >= 15 is 0 Å². The lowest BCUT2D eigenvalue weighted by atomic mass is 9.64. The molecule has 1 fully saturated rings. The molecule has 1 amide bonds. The summed E-state index contributed by atoms with van der Waals surface area (Å²) < 4.78 is 0. The molecular weight excluding hydrogens is 268 g/mol. The lowest BCUT2D eigenvalue weighted by Gasteiger charge is -2.46. The van der Waals surface area contributed by atoms with Gasteiger partial charge in [-0.05, 0) is 42.0 Å². The maximum atomic E-state index is 12.3. The Morgan fingerprint density at radius 2 is 2.30 bits per heavy atom. The van der Waals surface area contributed by atoms with Crippen LogP contribution in [0.25, 0.3) is 0 Å². The van der Waals surface area contributed by atoms with Gasteiger partial charge in [-0.25, -0.2) is 0 Å². The van der Waals surface area contributed by atoms with Crippen molar-refractivity contribution in [1.29, 1.82) is 0 Å². The fourth-order valence-corrected chi connectivity index (χ4v) is 4.29. The predicted molar refractivity (Wildman–Crippen MR) is 84.4 cm³/mol. The first kappa shape index (κ1) is 15.5. The van der Waals surface area contributed by atoms with E-state index in [0.717, 1.165) is 19.4 Å². The van der Waals surface area contributed by atoms with Crippen molar-refractivity contribution in [1.82, 2.24) is 5.32 Å². The molecule has 2 rings (SSSR count). The van der Waals surface area contributed by atoms with Gasteiger partial charge in [0.2, 0.25) is 5.91 Å². The topological polar surface area (TPSA) is 55.1 Å². The first-order valence-electron chi connectivity index (χ1n) is 7.53. The maximum absolute atomic E-state index is 12.3. The molecule has 0 radical (unpaired) electrons. The van der Waals surface area contributed by atoms with Gasteiger partial charge in [0.25, 0.3) is 0 Å². The Morgan fingerprint density at radius 3 is 2.85 bits per heavy atom. The number of carbonyl (C=O) groups is 1. The summed E-state index contributed by atoms with van der Waals surface area (Å²) in [7, 11) is 0. The number of hydrogen-bond donors (Lipinski definition) is 2. The van der Waals surface area contributed by atoms with Gasteiger partial charge in [-0.1, -0.05) is 33.3 Å². The second-order valence-electron chi connectivity index (χ2n) is 6.51. The molecule has 1 heterocycles. The van der Waals surface area contributed by atoms with E-state index in [0.29, 0.717) is 17.8 Å². The Kier molecular flexibility index (Phi) is 4.86. The fraction of sp³-hybridized carbons (Fsp3) is 0.688. The summed E-state index contributed by atoms with van der Waals surface area (Å²) in [5.74, 6) is 1.16. The highest BCUT2D eigenvalue weighted by atomic mass is 32.1. The zero-order valence-corrected chi connectivity index (χ0v) is 13.5. The second kappa shape index (κ2) is 6.27. The maximum Gasteiger partial charge on any atom is 0.238 e. The number of hydrogen-bond acceptors (Lipinski definition) is 3. The molecule has 4 heteroatoms. The number of thiophene rings is 1. The Labute approximate surface area is 125 Å². The molecule has 0 spiro atoms. The minimum absolute atomic E-state index is 0.181. The van der Waals surface area contributed by atoms with Crippen molar-refractivity contribution in [3.63, 3.8) is 0 Å². The monoisotopic (exact) mass is 294 g/mol. The zero-order valence-electron chi connectivity index (χ0n) is 12.7. The van der Waals surface area contributed by atoms with E-state index in [2.05, 4.69) is 37.5 Å². The van der Waals surface area contributed by atoms with Crippen LogP contribution in [-0.2, 0) is 11.3 Å². The van der Waals surface area contributed by atoms with Crippen LogP contribution in [0.15, 0.2) is 17.5 Å². The summed E-state index contributed by atoms with van der Waals surface area (Å²) in [6, 6.07) is 4.14. The third-order valence-corrected chi connectivity index (χ3v) is 5.55. The molecule has 1 aromatic rings. The van der Waals surface area contributed by atoms with Crippen LogP contribution in [0, 0.1) is 17.8 Å². The number of primary amides is 1. The lowest BCUT2D eigenvalue weighted by Crippen LogP contribution is -2.63. The molecule has 3 atom stereocenters. The van der Waals surface area contributed by atoms with E-state index in [1.165, 1.54) is 11.3 Å². The summed E-state index contributed by atoms with van der Waals surface area (Å²) in [4.78, 5) is 13.5. The van der Waals surface area contributed by atoms with Gasteiger partial charge in [-0.2, -0.15) is 0 Å². The molecule has 0 bridgehead atoms. The van der Waals surface area contributed by atoms with Crippen molar-refractivity contribution in [2.24, 2.45) is 23.5 Å². The molecule has 112 valence electrons. The molecular formula is C16H26N2OS. The van der Waals surface area contributed by atoms with Crippen LogP contribution in [0.3, 0.4) is 0 Å². The van der Waals surface area contributed by atoms with Crippen LogP contribution in [0.4, 0.5) is 0 Å². The Bertz CT molecular complexity index is 443. The van der Waals surface area contributed by atoms with Crippen molar-refractivity contribution >= 4 is 17.2 Å². The summed E-state index contributed by atoms with van der Waals surface area (Å²) >= 11 is 1.72. The second-order valence-corrected chi connectivity index (χ2v) is 7.54.